The van der Waals surface area contributed by atoms with Crippen LogP contribution in [0.3, 0.4) is 0 Å². The summed E-state index contributed by atoms with van der Waals surface area (Å²) >= 11 is 1.73. The number of likely N-dealkylation sites (tertiary alicyclic amines) is 1. The fourth-order valence-corrected chi connectivity index (χ4v) is 4.58. The summed E-state index contributed by atoms with van der Waals surface area (Å²) in [4.78, 5) is 16.8. The number of carbonyl (C=O) groups is 1. The predicted octanol–water partition coefficient (Wildman–Crippen LogP) is 3.15. The van der Waals surface area contributed by atoms with E-state index >= 15 is 0 Å². The van der Waals surface area contributed by atoms with E-state index in [1.807, 2.05) is 24.0 Å². The van der Waals surface area contributed by atoms with Crippen LogP contribution in [0.5, 0.6) is 5.75 Å². The minimum absolute atomic E-state index is 0.140. The zero-order valence-electron chi connectivity index (χ0n) is 13.9. The number of thioether (sulfide) groups is 1. The topological polar surface area (TPSA) is 32.8 Å². The molecule has 1 aromatic carbocycles. The van der Waals surface area contributed by atoms with Crippen molar-refractivity contribution in [2.75, 3.05) is 38.5 Å². The van der Waals surface area contributed by atoms with Crippen molar-refractivity contribution < 1.29 is 9.53 Å². The zero-order valence-corrected chi connectivity index (χ0v) is 14.7. The molecule has 0 bridgehead atoms. The Morgan fingerprint density at radius 1 is 1.26 bits per heavy atom. The number of nitrogens with zero attached hydrogens (tertiary/aromatic N) is 2. The smallest absolute Gasteiger partial charge is 0.233 e. The first-order chi connectivity index (χ1) is 11.3. The molecule has 1 aromatic rings. The van der Waals surface area contributed by atoms with E-state index < -0.39 is 0 Å². The SMILES string of the molecule is CCOc1cccc(C2SCC(=O)N2CCCN2CCCC2)c1. The summed E-state index contributed by atoms with van der Waals surface area (Å²) in [6, 6.07) is 8.18. The van der Waals surface area contributed by atoms with Crippen molar-refractivity contribution in [2.45, 2.75) is 31.6 Å². The van der Waals surface area contributed by atoms with Crippen LogP contribution >= 0.6 is 11.8 Å². The summed E-state index contributed by atoms with van der Waals surface area (Å²) in [5, 5.41) is 0.140. The first-order valence-corrected chi connectivity index (χ1v) is 9.69. The third-order valence-electron chi connectivity index (χ3n) is 4.49. The van der Waals surface area contributed by atoms with Crippen LogP contribution < -0.4 is 4.74 Å². The Morgan fingerprint density at radius 3 is 2.87 bits per heavy atom. The van der Waals surface area contributed by atoms with Gasteiger partial charge in [0.2, 0.25) is 5.91 Å². The summed E-state index contributed by atoms with van der Waals surface area (Å²) in [7, 11) is 0. The fraction of sp³-hybridized carbons (Fsp3) is 0.611. The van der Waals surface area contributed by atoms with E-state index in [2.05, 4.69) is 17.0 Å². The second-order valence-corrected chi connectivity index (χ2v) is 7.23. The van der Waals surface area contributed by atoms with E-state index in [1.165, 1.54) is 31.5 Å². The summed E-state index contributed by atoms with van der Waals surface area (Å²) < 4.78 is 5.60. The van der Waals surface area contributed by atoms with Gasteiger partial charge in [0, 0.05) is 6.54 Å². The highest BCUT2D eigenvalue weighted by Crippen LogP contribution is 2.39. The van der Waals surface area contributed by atoms with Gasteiger partial charge in [0.1, 0.15) is 11.1 Å². The number of ether oxygens (including phenoxy) is 1. The standard InChI is InChI=1S/C18H26N2O2S/c1-2-22-16-8-5-7-15(13-16)18-20(17(21)14-23-18)12-6-11-19-9-3-4-10-19/h5,7-8,13,18H,2-4,6,9-12,14H2,1H3. The Hall–Kier alpha value is -1.20. The molecule has 0 aromatic heterocycles. The van der Waals surface area contributed by atoms with Gasteiger partial charge in [-0.15, -0.1) is 11.8 Å². The lowest BCUT2D eigenvalue weighted by Crippen LogP contribution is -2.32. The van der Waals surface area contributed by atoms with Gasteiger partial charge in [-0.2, -0.15) is 0 Å². The van der Waals surface area contributed by atoms with Crippen LogP contribution in [0, 0.1) is 0 Å². The molecule has 4 nitrogen and oxygen atoms in total. The second-order valence-electron chi connectivity index (χ2n) is 6.16. The Labute approximate surface area is 143 Å². The highest BCUT2D eigenvalue weighted by Gasteiger charge is 2.32. The molecular formula is C18H26N2O2S. The first kappa shape index (κ1) is 16.7. The quantitative estimate of drug-likeness (QED) is 0.767. The Balaban J connectivity index is 1.60. The largest absolute Gasteiger partial charge is 0.494 e. The Morgan fingerprint density at radius 2 is 2.09 bits per heavy atom. The van der Waals surface area contributed by atoms with Gasteiger partial charge < -0.3 is 14.5 Å². The maximum atomic E-state index is 12.3. The lowest BCUT2D eigenvalue weighted by molar-refractivity contribution is -0.128. The molecule has 1 amide bonds. The zero-order chi connectivity index (χ0) is 16.1. The number of carbonyl (C=O) groups excluding carboxylic acids is 1. The minimum Gasteiger partial charge on any atom is -0.494 e. The molecule has 2 aliphatic heterocycles. The molecule has 2 heterocycles. The lowest BCUT2D eigenvalue weighted by Gasteiger charge is -2.25. The van der Waals surface area contributed by atoms with Crippen LogP contribution in [0.1, 0.15) is 37.1 Å². The van der Waals surface area contributed by atoms with Crippen LogP contribution in [-0.2, 0) is 4.79 Å². The Bertz CT molecular complexity index is 532. The van der Waals surface area contributed by atoms with Gasteiger partial charge >= 0.3 is 0 Å². The molecule has 0 aliphatic carbocycles. The van der Waals surface area contributed by atoms with Crippen molar-refractivity contribution >= 4 is 17.7 Å². The molecule has 2 saturated heterocycles. The van der Waals surface area contributed by atoms with E-state index in [9.17, 15) is 4.79 Å². The molecule has 0 spiro atoms. The van der Waals surface area contributed by atoms with Gasteiger partial charge in [0.15, 0.2) is 0 Å². The van der Waals surface area contributed by atoms with Crippen LogP contribution in [0.15, 0.2) is 24.3 Å². The maximum absolute atomic E-state index is 12.3. The van der Waals surface area contributed by atoms with E-state index in [4.69, 9.17) is 4.74 Å². The molecule has 1 atom stereocenters. The van der Waals surface area contributed by atoms with Gasteiger partial charge in [-0.3, -0.25) is 4.79 Å². The van der Waals surface area contributed by atoms with E-state index in [0.29, 0.717) is 12.4 Å². The summed E-state index contributed by atoms with van der Waals surface area (Å²) in [5.41, 5.74) is 1.17. The molecule has 0 saturated carbocycles. The van der Waals surface area contributed by atoms with Crippen LogP contribution in [0.4, 0.5) is 0 Å². The fourth-order valence-electron chi connectivity index (χ4n) is 3.37. The Kier molecular flexibility index (Phi) is 5.84. The number of amides is 1. The summed E-state index contributed by atoms with van der Waals surface area (Å²) in [6.07, 6.45) is 3.71. The summed E-state index contributed by atoms with van der Waals surface area (Å²) in [5.74, 6) is 1.75. The molecule has 0 radical (unpaired) electrons. The van der Waals surface area contributed by atoms with Crippen LogP contribution in [-0.4, -0.2) is 54.2 Å². The average molecular weight is 334 g/mol. The number of rotatable bonds is 7. The molecule has 1 unspecified atom stereocenters. The molecule has 23 heavy (non-hydrogen) atoms. The van der Waals surface area contributed by atoms with Crippen molar-refractivity contribution in [1.29, 1.82) is 0 Å². The van der Waals surface area contributed by atoms with Gasteiger partial charge in [-0.05, 0) is 63.5 Å². The van der Waals surface area contributed by atoms with Gasteiger partial charge in [-0.1, -0.05) is 12.1 Å². The molecular weight excluding hydrogens is 308 g/mol. The predicted molar refractivity (Wildman–Crippen MR) is 94.8 cm³/mol. The van der Waals surface area contributed by atoms with E-state index in [1.54, 1.807) is 11.8 Å². The van der Waals surface area contributed by atoms with E-state index in [0.717, 1.165) is 25.3 Å². The molecule has 2 fully saturated rings. The normalized spacial score (nSPS) is 22.0. The number of hydrogen-bond acceptors (Lipinski definition) is 4. The highest BCUT2D eigenvalue weighted by atomic mass is 32.2. The van der Waals surface area contributed by atoms with Crippen molar-refractivity contribution in [2.24, 2.45) is 0 Å². The third-order valence-corrected chi connectivity index (χ3v) is 5.75. The first-order valence-electron chi connectivity index (χ1n) is 8.64. The van der Waals surface area contributed by atoms with Crippen molar-refractivity contribution in [1.82, 2.24) is 9.80 Å². The van der Waals surface area contributed by atoms with Gasteiger partial charge in [-0.25, -0.2) is 0 Å². The second kappa shape index (κ2) is 8.06. The van der Waals surface area contributed by atoms with Crippen LogP contribution in [0.25, 0.3) is 0 Å². The minimum atomic E-state index is 0.140. The van der Waals surface area contributed by atoms with Gasteiger partial charge in [0.25, 0.3) is 0 Å². The molecule has 0 N–H and O–H groups in total. The summed E-state index contributed by atoms with van der Waals surface area (Å²) in [6.45, 7) is 7.07. The lowest BCUT2D eigenvalue weighted by atomic mass is 10.2. The molecule has 126 valence electrons. The van der Waals surface area contributed by atoms with Crippen molar-refractivity contribution in [3.63, 3.8) is 0 Å². The molecule has 5 heteroatoms. The number of hydrogen-bond donors (Lipinski definition) is 0. The van der Waals surface area contributed by atoms with E-state index in [-0.39, 0.29) is 11.3 Å². The highest BCUT2D eigenvalue weighted by molar-refractivity contribution is 8.00. The molecule has 2 aliphatic rings. The molecule has 3 rings (SSSR count). The maximum Gasteiger partial charge on any atom is 0.233 e. The third kappa shape index (κ3) is 4.21. The van der Waals surface area contributed by atoms with Crippen molar-refractivity contribution in [3.8, 4) is 5.75 Å². The van der Waals surface area contributed by atoms with Gasteiger partial charge in [0.05, 0.1) is 12.4 Å². The average Bonchev–Trinajstić information content (AvgIpc) is 3.19. The monoisotopic (exact) mass is 334 g/mol. The van der Waals surface area contributed by atoms with Crippen molar-refractivity contribution in [3.05, 3.63) is 29.8 Å². The number of benzene rings is 1. The van der Waals surface area contributed by atoms with Crippen LogP contribution in [0.2, 0.25) is 0 Å².